The number of nitrogens with one attached hydrogen (secondary N) is 2. The number of rotatable bonds is 4. The van der Waals surface area contributed by atoms with Gasteiger partial charge < -0.3 is 25.2 Å². The summed E-state index contributed by atoms with van der Waals surface area (Å²) >= 11 is 0. The van der Waals surface area contributed by atoms with Crippen molar-refractivity contribution in [1.29, 1.82) is 0 Å². The van der Waals surface area contributed by atoms with E-state index >= 15 is 0 Å². The fourth-order valence-electron chi connectivity index (χ4n) is 2.44. The van der Waals surface area contributed by atoms with Gasteiger partial charge in [0, 0.05) is 11.8 Å². The van der Waals surface area contributed by atoms with Crippen LogP contribution in [-0.2, 0) is 5.60 Å². The largest absolute Gasteiger partial charge is 0.454 e. The van der Waals surface area contributed by atoms with Crippen molar-refractivity contribution < 1.29 is 32.5 Å². The molecule has 0 fully saturated rings. The van der Waals surface area contributed by atoms with Crippen LogP contribution in [0.15, 0.2) is 48.5 Å². The maximum atomic E-state index is 13.4. The van der Waals surface area contributed by atoms with Crippen molar-refractivity contribution in [3.05, 3.63) is 54.1 Å². The highest BCUT2D eigenvalue weighted by atomic mass is 19.4. The molecular formula is C17H15F3N2O4. The van der Waals surface area contributed by atoms with E-state index in [0.29, 0.717) is 17.2 Å². The van der Waals surface area contributed by atoms with E-state index in [-0.39, 0.29) is 12.4 Å². The zero-order valence-corrected chi connectivity index (χ0v) is 13.3. The molecule has 26 heavy (non-hydrogen) atoms. The molecule has 0 saturated carbocycles. The number of halogens is 3. The highest BCUT2D eigenvalue weighted by Gasteiger charge is 2.55. The van der Waals surface area contributed by atoms with Crippen molar-refractivity contribution in [2.45, 2.75) is 11.8 Å². The number of urea groups is 1. The Labute approximate surface area is 146 Å². The number of benzene rings is 2. The number of aliphatic hydroxyl groups is 1. The minimum atomic E-state index is -4.97. The number of hydrogen-bond donors (Lipinski definition) is 3. The zero-order valence-electron chi connectivity index (χ0n) is 13.3. The monoisotopic (exact) mass is 368 g/mol. The third kappa shape index (κ3) is 3.52. The average Bonchev–Trinajstić information content (AvgIpc) is 3.07. The topological polar surface area (TPSA) is 79.8 Å². The van der Waals surface area contributed by atoms with Crippen molar-refractivity contribution in [1.82, 2.24) is 5.32 Å². The molecule has 2 aromatic rings. The number of fused-ring (bicyclic) bond motifs is 1. The van der Waals surface area contributed by atoms with Crippen molar-refractivity contribution in [2.24, 2.45) is 0 Å². The Morgan fingerprint density at radius 1 is 1.08 bits per heavy atom. The van der Waals surface area contributed by atoms with E-state index in [4.69, 9.17) is 9.47 Å². The molecule has 2 aromatic carbocycles. The van der Waals surface area contributed by atoms with Crippen molar-refractivity contribution >= 4 is 11.7 Å². The number of ether oxygens (including phenoxy) is 2. The van der Waals surface area contributed by atoms with Gasteiger partial charge in [-0.25, -0.2) is 4.79 Å². The Hall–Kier alpha value is -2.94. The van der Waals surface area contributed by atoms with Crippen molar-refractivity contribution in [2.75, 3.05) is 18.7 Å². The van der Waals surface area contributed by atoms with Crippen molar-refractivity contribution in [3.8, 4) is 11.5 Å². The molecule has 0 unspecified atom stereocenters. The first-order valence-electron chi connectivity index (χ1n) is 7.59. The number of alkyl halides is 3. The minimum absolute atomic E-state index is 0.0562. The summed E-state index contributed by atoms with van der Waals surface area (Å²) in [6.45, 7) is -0.989. The Kier molecular flexibility index (Phi) is 4.64. The summed E-state index contributed by atoms with van der Waals surface area (Å²) in [6.07, 6.45) is -4.97. The molecular weight excluding hydrogens is 353 g/mol. The number of hydrogen-bond acceptors (Lipinski definition) is 4. The molecule has 0 bridgehead atoms. The van der Waals surface area contributed by atoms with Crippen molar-refractivity contribution in [3.63, 3.8) is 0 Å². The molecule has 3 rings (SSSR count). The standard InChI is InChI=1S/C17H15F3N2O4/c18-17(19,20)16(24,11-4-2-1-3-5-11)9-21-15(23)22-12-6-7-13-14(8-12)26-10-25-13/h1-8,24H,9-10H2,(H2,21,22,23)/t16-/m0/s1. The minimum Gasteiger partial charge on any atom is -0.454 e. The lowest BCUT2D eigenvalue weighted by molar-refractivity contribution is -0.263. The van der Waals surface area contributed by atoms with Gasteiger partial charge in [0.05, 0.1) is 6.54 Å². The first-order valence-corrected chi connectivity index (χ1v) is 7.59. The van der Waals surface area contributed by atoms with E-state index in [9.17, 15) is 23.1 Å². The summed E-state index contributed by atoms with van der Waals surface area (Å²) in [5.74, 6) is 0.922. The van der Waals surface area contributed by atoms with Crippen LogP contribution in [0.2, 0.25) is 0 Å². The summed E-state index contributed by atoms with van der Waals surface area (Å²) in [6, 6.07) is 10.2. The molecule has 1 atom stereocenters. The van der Waals surface area contributed by atoms with Gasteiger partial charge in [-0.1, -0.05) is 30.3 Å². The number of amides is 2. The summed E-state index contributed by atoms with van der Waals surface area (Å²) in [4.78, 5) is 11.9. The summed E-state index contributed by atoms with van der Waals surface area (Å²) in [7, 11) is 0. The molecule has 6 nitrogen and oxygen atoms in total. The molecule has 0 spiro atoms. The van der Waals surface area contributed by atoms with Crippen LogP contribution in [0.1, 0.15) is 5.56 Å². The maximum absolute atomic E-state index is 13.4. The van der Waals surface area contributed by atoms with Crippen LogP contribution in [-0.4, -0.2) is 30.7 Å². The molecule has 0 aliphatic carbocycles. The third-order valence-corrected chi connectivity index (χ3v) is 3.86. The lowest BCUT2D eigenvalue weighted by Crippen LogP contribution is -2.51. The Bertz CT molecular complexity index is 798. The number of carbonyl (C=O) groups excluding carboxylic acids is 1. The summed E-state index contributed by atoms with van der Waals surface area (Å²) < 4.78 is 50.4. The molecule has 1 aliphatic heterocycles. The Balaban J connectivity index is 1.68. The van der Waals surface area contributed by atoms with E-state index in [1.165, 1.54) is 30.3 Å². The SMILES string of the molecule is O=C(NC[C@](O)(c1ccccc1)C(F)(F)F)Nc1ccc2c(c1)OCO2. The van der Waals surface area contributed by atoms with Crippen LogP contribution in [0.5, 0.6) is 11.5 Å². The van der Waals surface area contributed by atoms with Crippen LogP contribution < -0.4 is 20.1 Å². The fraction of sp³-hybridized carbons (Fsp3) is 0.235. The summed E-state index contributed by atoms with van der Waals surface area (Å²) in [5, 5.41) is 14.6. The predicted octanol–water partition coefficient (Wildman–Crippen LogP) is 2.99. The predicted molar refractivity (Wildman–Crippen MR) is 86.0 cm³/mol. The van der Waals surface area contributed by atoms with E-state index < -0.39 is 24.4 Å². The Morgan fingerprint density at radius 2 is 1.77 bits per heavy atom. The molecule has 9 heteroatoms. The highest BCUT2D eigenvalue weighted by molar-refractivity contribution is 5.89. The second-order valence-corrected chi connectivity index (χ2v) is 5.60. The van der Waals surface area contributed by atoms with E-state index in [1.54, 1.807) is 6.07 Å². The van der Waals surface area contributed by atoms with Gasteiger partial charge in [-0.2, -0.15) is 13.2 Å². The van der Waals surface area contributed by atoms with Gasteiger partial charge in [-0.3, -0.25) is 0 Å². The smallest absolute Gasteiger partial charge is 0.423 e. The molecule has 2 amide bonds. The van der Waals surface area contributed by atoms with Gasteiger partial charge >= 0.3 is 12.2 Å². The maximum Gasteiger partial charge on any atom is 0.423 e. The Morgan fingerprint density at radius 3 is 2.46 bits per heavy atom. The third-order valence-electron chi connectivity index (χ3n) is 3.86. The molecule has 0 radical (unpaired) electrons. The van der Waals surface area contributed by atoms with Gasteiger partial charge in [0.1, 0.15) is 0 Å². The van der Waals surface area contributed by atoms with E-state index in [1.807, 2.05) is 0 Å². The van der Waals surface area contributed by atoms with Gasteiger partial charge in [-0.05, 0) is 17.7 Å². The van der Waals surface area contributed by atoms with Crippen LogP contribution >= 0.6 is 0 Å². The summed E-state index contributed by atoms with van der Waals surface area (Å²) in [5.41, 5.74) is -3.27. The zero-order chi connectivity index (χ0) is 18.8. The van der Waals surface area contributed by atoms with Crippen LogP contribution in [0.25, 0.3) is 0 Å². The molecule has 3 N–H and O–H groups in total. The molecule has 1 heterocycles. The first kappa shape index (κ1) is 17.9. The van der Waals surface area contributed by atoms with E-state index in [0.717, 1.165) is 12.1 Å². The first-order chi connectivity index (χ1) is 12.3. The van der Waals surface area contributed by atoms with Gasteiger partial charge in [-0.15, -0.1) is 0 Å². The van der Waals surface area contributed by atoms with Gasteiger partial charge in [0.2, 0.25) is 12.4 Å². The normalized spacial score (nSPS) is 15.2. The lowest BCUT2D eigenvalue weighted by Gasteiger charge is -2.31. The fourth-order valence-corrected chi connectivity index (χ4v) is 2.44. The number of carbonyl (C=O) groups is 1. The van der Waals surface area contributed by atoms with Gasteiger partial charge in [0.25, 0.3) is 0 Å². The number of anilines is 1. The quantitative estimate of drug-likeness (QED) is 0.775. The molecule has 1 aliphatic rings. The highest BCUT2D eigenvalue weighted by Crippen LogP contribution is 2.38. The van der Waals surface area contributed by atoms with E-state index in [2.05, 4.69) is 10.6 Å². The molecule has 138 valence electrons. The second-order valence-electron chi connectivity index (χ2n) is 5.60. The lowest BCUT2D eigenvalue weighted by atomic mass is 9.93. The van der Waals surface area contributed by atoms with Gasteiger partial charge in [0.15, 0.2) is 11.5 Å². The average molecular weight is 368 g/mol. The van der Waals surface area contributed by atoms with Crippen LogP contribution in [0.3, 0.4) is 0 Å². The molecule has 0 saturated heterocycles. The van der Waals surface area contributed by atoms with Crippen LogP contribution in [0.4, 0.5) is 23.7 Å². The van der Waals surface area contributed by atoms with Crippen LogP contribution in [0, 0.1) is 0 Å². The second kappa shape index (κ2) is 6.75. The molecule has 0 aromatic heterocycles.